The Balaban J connectivity index is 1.34. The number of furan rings is 1. The lowest BCUT2D eigenvalue weighted by Gasteiger charge is -2.11. The van der Waals surface area contributed by atoms with Crippen molar-refractivity contribution in [3.05, 3.63) is 58.5 Å². The van der Waals surface area contributed by atoms with E-state index in [1.165, 1.54) is 11.8 Å². The molecule has 0 bridgehead atoms. The van der Waals surface area contributed by atoms with Gasteiger partial charge >= 0.3 is 0 Å². The van der Waals surface area contributed by atoms with Gasteiger partial charge in [0, 0.05) is 10.3 Å². The first-order valence-electron chi connectivity index (χ1n) is 8.38. The Bertz CT molecular complexity index is 1010. The first-order valence-corrected chi connectivity index (χ1v) is 10.2. The second kappa shape index (κ2) is 7.93. The number of thiophene rings is 1. The topological polar surface area (TPSA) is 85.8 Å². The van der Waals surface area contributed by atoms with E-state index in [1.54, 1.807) is 16.0 Å². The molecule has 0 aliphatic rings. The number of aromatic nitrogens is 4. The first kappa shape index (κ1) is 17.7. The van der Waals surface area contributed by atoms with Crippen LogP contribution in [0.25, 0.3) is 11.0 Å². The fraction of sp³-hybridized carbons (Fsp3) is 0.222. The van der Waals surface area contributed by atoms with Crippen LogP contribution in [-0.4, -0.2) is 31.9 Å². The molecule has 0 saturated heterocycles. The zero-order valence-electron chi connectivity index (χ0n) is 14.5. The third-order valence-electron chi connectivity index (χ3n) is 3.97. The minimum atomic E-state index is -0.215. The summed E-state index contributed by atoms with van der Waals surface area (Å²) < 4.78 is 7.50. The van der Waals surface area contributed by atoms with Gasteiger partial charge in [0.1, 0.15) is 11.3 Å². The molecular weight excluding hydrogens is 382 g/mol. The van der Waals surface area contributed by atoms with E-state index in [0.29, 0.717) is 11.7 Å². The Kier molecular flexibility index (Phi) is 5.21. The molecule has 27 heavy (non-hydrogen) atoms. The van der Waals surface area contributed by atoms with Crippen molar-refractivity contribution >= 4 is 40.0 Å². The van der Waals surface area contributed by atoms with E-state index in [4.69, 9.17) is 4.42 Å². The van der Waals surface area contributed by atoms with Crippen LogP contribution in [0.1, 0.15) is 23.6 Å². The molecule has 138 valence electrons. The molecule has 0 unspecified atom stereocenters. The van der Waals surface area contributed by atoms with Gasteiger partial charge in [-0.05, 0) is 40.9 Å². The maximum atomic E-state index is 12.3. The third-order valence-corrected chi connectivity index (χ3v) is 5.78. The summed E-state index contributed by atoms with van der Waals surface area (Å²) in [6.07, 6.45) is 0. The number of rotatable bonds is 7. The summed E-state index contributed by atoms with van der Waals surface area (Å²) in [7, 11) is 0. The monoisotopic (exact) mass is 399 g/mol. The van der Waals surface area contributed by atoms with Gasteiger partial charge in [-0.25, -0.2) is 4.68 Å². The summed E-state index contributed by atoms with van der Waals surface area (Å²) >= 11 is 2.96. The van der Waals surface area contributed by atoms with Gasteiger partial charge in [-0.15, -0.1) is 16.4 Å². The molecule has 1 amide bonds. The Hall–Kier alpha value is -2.65. The predicted molar refractivity (Wildman–Crippen MR) is 105 cm³/mol. The average molecular weight is 400 g/mol. The smallest absolute Gasteiger partial charge is 0.231 e. The molecule has 0 spiro atoms. The van der Waals surface area contributed by atoms with Gasteiger partial charge in [0.25, 0.3) is 0 Å². The van der Waals surface area contributed by atoms with Crippen molar-refractivity contribution in [2.24, 2.45) is 0 Å². The maximum absolute atomic E-state index is 12.3. The summed E-state index contributed by atoms with van der Waals surface area (Å²) in [5.41, 5.74) is 0.815. The van der Waals surface area contributed by atoms with Crippen molar-refractivity contribution < 1.29 is 9.21 Å². The van der Waals surface area contributed by atoms with Crippen molar-refractivity contribution in [3.63, 3.8) is 0 Å². The number of thioether (sulfide) groups is 1. The van der Waals surface area contributed by atoms with Crippen LogP contribution in [0.2, 0.25) is 0 Å². The molecule has 4 rings (SSSR count). The molecule has 0 radical (unpaired) electrons. The van der Waals surface area contributed by atoms with Crippen LogP contribution in [0.4, 0.5) is 0 Å². The number of nitrogens with zero attached hydrogens (tertiary/aromatic N) is 4. The summed E-state index contributed by atoms with van der Waals surface area (Å²) in [6.45, 7) is 2.51. The third kappa shape index (κ3) is 4.20. The molecule has 1 aromatic carbocycles. The van der Waals surface area contributed by atoms with Crippen LogP contribution in [0.5, 0.6) is 0 Å². The average Bonchev–Trinajstić information content (AvgIpc) is 3.41. The van der Waals surface area contributed by atoms with Crippen LogP contribution < -0.4 is 5.32 Å². The number of nitrogens with one attached hydrogen (secondary N) is 1. The zero-order valence-corrected chi connectivity index (χ0v) is 16.2. The van der Waals surface area contributed by atoms with Crippen LogP contribution in [-0.2, 0) is 11.3 Å². The van der Waals surface area contributed by atoms with Gasteiger partial charge in [0.05, 0.1) is 18.3 Å². The lowest BCUT2D eigenvalue weighted by molar-refractivity contribution is -0.119. The lowest BCUT2D eigenvalue weighted by Crippen LogP contribution is -2.28. The fourth-order valence-corrected chi connectivity index (χ4v) is 4.02. The van der Waals surface area contributed by atoms with Crippen molar-refractivity contribution in [1.82, 2.24) is 25.5 Å². The molecule has 3 aromatic heterocycles. The molecule has 3 heterocycles. The summed E-state index contributed by atoms with van der Waals surface area (Å²) in [4.78, 5) is 13.5. The van der Waals surface area contributed by atoms with E-state index in [-0.39, 0.29) is 17.7 Å². The number of para-hydroxylation sites is 1. The molecule has 9 heteroatoms. The Labute approximate surface area is 163 Å². The van der Waals surface area contributed by atoms with Crippen molar-refractivity contribution in [3.8, 4) is 0 Å². The number of hydrogen-bond acceptors (Lipinski definition) is 7. The van der Waals surface area contributed by atoms with Gasteiger partial charge in [0.2, 0.25) is 11.1 Å². The highest BCUT2D eigenvalue weighted by molar-refractivity contribution is 7.99. The quantitative estimate of drug-likeness (QED) is 0.479. The van der Waals surface area contributed by atoms with Gasteiger partial charge in [0.15, 0.2) is 0 Å². The molecule has 4 aromatic rings. The van der Waals surface area contributed by atoms with E-state index in [0.717, 1.165) is 21.6 Å². The van der Waals surface area contributed by atoms with E-state index >= 15 is 0 Å². The molecule has 0 aliphatic carbocycles. The Morgan fingerprint density at radius 3 is 3.04 bits per heavy atom. The normalized spacial score (nSPS) is 12.3. The van der Waals surface area contributed by atoms with Crippen molar-refractivity contribution in [2.45, 2.75) is 24.7 Å². The van der Waals surface area contributed by atoms with Gasteiger partial charge < -0.3 is 9.73 Å². The second-order valence-corrected chi connectivity index (χ2v) is 7.94. The molecule has 0 fully saturated rings. The Morgan fingerprint density at radius 1 is 1.33 bits per heavy atom. The second-order valence-electron chi connectivity index (χ2n) is 5.96. The number of fused-ring (bicyclic) bond motifs is 1. The SMILES string of the molecule is C[C@H](NC(=O)CSc1nnnn1Cc1cccs1)c1cc2ccccc2o1. The number of hydrogen-bond donors (Lipinski definition) is 1. The van der Waals surface area contributed by atoms with Crippen molar-refractivity contribution in [1.29, 1.82) is 0 Å². The minimum absolute atomic E-state index is 0.0985. The molecule has 7 nitrogen and oxygen atoms in total. The van der Waals surface area contributed by atoms with E-state index in [1.807, 2.05) is 54.8 Å². The highest BCUT2D eigenvalue weighted by atomic mass is 32.2. The zero-order chi connectivity index (χ0) is 18.6. The van der Waals surface area contributed by atoms with Crippen LogP contribution in [0, 0.1) is 0 Å². The highest BCUT2D eigenvalue weighted by Crippen LogP contribution is 2.24. The van der Waals surface area contributed by atoms with Crippen molar-refractivity contribution in [2.75, 3.05) is 5.75 Å². The fourth-order valence-electron chi connectivity index (χ4n) is 2.65. The maximum Gasteiger partial charge on any atom is 0.231 e. The van der Waals surface area contributed by atoms with Gasteiger partial charge in [-0.2, -0.15) is 0 Å². The van der Waals surface area contributed by atoms with Gasteiger partial charge in [-0.3, -0.25) is 4.79 Å². The summed E-state index contributed by atoms with van der Waals surface area (Å²) in [5, 5.41) is 18.3. The molecule has 1 atom stereocenters. The molecular formula is C18H17N5O2S2. The molecule has 1 N–H and O–H groups in total. The Morgan fingerprint density at radius 2 is 2.22 bits per heavy atom. The largest absolute Gasteiger partial charge is 0.459 e. The van der Waals surface area contributed by atoms with E-state index < -0.39 is 0 Å². The number of benzene rings is 1. The number of amides is 1. The van der Waals surface area contributed by atoms with E-state index in [2.05, 4.69) is 20.8 Å². The summed E-state index contributed by atoms with van der Waals surface area (Å²) in [6, 6.07) is 13.5. The number of carbonyl (C=O) groups is 1. The lowest BCUT2D eigenvalue weighted by atomic mass is 10.2. The summed E-state index contributed by atoms with van der Waals surface area (Å²) in [5.74, 6) is 0.866. The molecule has 0 saturated carbocycles. The minimum Gasteiger partial charge on any atom is -0.459 e. The highest BCUT2D eigenvalue weighted by Gasteiger charge is 2.16. The standard InChI is InChI=1S/C18H17N5O2S2/c1-12(16-9-13-5-2-3-7-15(13)25-16)19-17(24)11-27-18-20-21-22-23(18)10-14-6-4-8-26-14/h2-9,12H,10-11H2,1H3,(H,19,24)/t12-/m0/s1. The first-order chi connectivity index (χ1) is 13.2. The van der Waals surface area contributed by atoms with Crippen LogP contribution >= 0.6 is 23.1 Å². The van der Waals surface area contributed by atoms with E-state index in [9.17, 15) is 4.79 Å². The molecule has 0 aliphatic heterocycles. The number of carbonyl (C=O) groups excluding carboxylic acids is 1. The van der Waals surface area contributed by atoms with Crippen LogP contribution in [0.15, 0.2) is 57.4 Å². The predicted octanol–water partition coefficient (Wildman–Crippen LogP) is 3.50. The van der Waals surface area contributed by atoms with Crippen LogP contribution in [0.3, 0.4) is 0 Å². The number of tetrazole rings is 1. The van der Waals surface area contributed by atoms with Gasteiger partial charge in [-0.1, -0.05) is 36.0 Å².